The molecule has 25 heavy (non-hydrogen) atoms. The molecule has 3 fully saturated rings. The molecule has 0 radical (unpaired) electrons. The van der Waals surface area contributed by atoms with Crippen LogP contribution in [-0.2, 0) is 4.79 Å². The third-order valence-electron chi connectivity index (χ3n) is 6.77. The third kappa shape index (κ3) is 5.43. The maximum atomic E-state index is 12.6. The molecule has 2 aliphatic heterocycles. The van der Waals surface area contributed by atoms with Crippen LogP contribution >= 0.6 is 0 Å². The predicted octanol–water partition coefficient (Wildman–Crippen LogP) is 3.41. The predicted molar refractivity (Wildman–Crippen MR) is 104 cm³/mol. The lowest BCUT2D eigenvalue weighted by Crippen LogP contribution is -2.51. The molecule has 3 aliphatic rings. The second kappa shape index (κ2) is 9.36. The summed E-state index contributed by atoms with van der Waals surface area (Å²) >= 11 is 0. The number of hydrogen-bond acceptors (Lipinski definition) is 3. The van der Waals surface area contributed by atoms with Gasteiger partial charge in [-0.1, -0.05) is 19.3 Å². The lowest BCUT2D eigenvalue weighted by atomic mass is 9.85. The van der Waals surface area contributed by atoms with E-state index in [1.54, 1.807) is 0 Å². The summed E-state index contributed by atoms with van der Waals surface area (Å²) in [5, 5.41) is 3.76. The second-order valence-corrected chi connectivity index (χ2v) is 8.84. The van der Waals surface area contributed by atoms with Gasteiger partial charge in [-0.05, 0) is 64.8 Å². The minimum Gasteiger partial charge on any atom is -0.343 e. The number of carbonyl (C=O) groups is 1. The summed E-state index contributed by atoms with van der Waals surface area (Å²) < 4.78 is 0. The summed E-state index contributed by atoms with van der Waals surface area (Å²) in [5.41, 5.74) is 0. The van der Waals surface area contributed by atoms with Crippen LogP contribution in [0.2, 0.25) is 0 Å². The molecule has 1 amide bonds. The zero-order valence-electron chi connectivity index (χ0n) is 16.5. The van der Waals surface area contributed by atoms with E-state index < -0.39 is 0 Å². The first kappa shape index (κ1) is 19.2. The highest BCUT2D eigenvalue weighted by Crippen LogP contribution is 2.30. The Morgan fingerprint density at radius 3 is 2.32 bits per heavy atom. The average molecular weight is 350 g/mol. The standard InChI is InChI=1S/C21H39N3O/c1-17(15-21(25)23-12-5-3-4-6-13-23)22-18(2)19-9-8-14-24(16-19)20-10-7-11-20/h17-20,22H,3-16H2,1-2H3/t17-,18+,19-/m1/s1. The van der Waals surface area contributed by atoms with E-state index in [2.05, 4.69) is 29.0 Å². The number of likely N-dealkylation sites (tertiary alicyclic amines) is 2. The average Bonchev–Trinajstić information content (AvgIpc) is 2.82. The quantitative estimate of drug-likeness (QED) is 0.798. The van der Waals surface area contributed by atoms with Gasteiger partial charge in [0.15, 0.2) is 0 Å². The van der Waals surface area contributed by atoms with Gasteiger partial charge in [-0.15, -0.1) is 0 Å². The van der Waals surface area contributed by atoms with Crippen LogP contribution in [0.25, 0.3) is 0 Å². The molecule has 144 valence electrons. The molecule has 1 N–H and O–H groups in total. The van der Waals surface area contributed by atoms with Crippen LogP contribution in [-0.4, -0.2) is 60.0 Å². The molecule has 1 aliphatic carbocycles. The zero-order valence-corrected chi connectivity index (χ0v) is 16.5. The molecule has 3 rings (SSSR count). The van der Waals surface area contributed by atoms with Gasteiger partial charge < -0.3 is 15.1 Å². The molecule has 0 aromatic rings. The van der Waals surface area contributed by atoms with Gasteiger partial charge in [0.05, 0.1) is 0 Å². The van der Waals surface area contributed by atoms with Gasteiger partial charge in [0.1, 0.15) is 0 Å². The van der Waals surface area contributed by atoms with Crippen molar-refractivity contribution in [3.8, 4) is 0 Å². The van der Waals surface area contributed by atoms with Crippen molar-refractivity contribution in [1.29, 1.82) is 0 Å². The molecule has 4 nitrogen and oxygen atoms in total. The second-order valence-electron chi connectivity index (χ2n) is 8.84. The lowest BCUT2D eigenvalue weighted by Gasteiger charge is -2.44. The fourth-order valence-corrected chi connectivity index (χ4v) is 4.89. The van der Waals surface area contributed by atoms with E-state index in [1.807, 2.05) is 0 Å². The van der Waals surface area contributed by atoms with Crippen LogP contribution in [0.15, 0.2) is 0 Å². The van der Waals surface area contributed by atoms with Crippen LogP contribution in [0, 0.1) is 5.92 Å². The van der Waals surface area contributed by atoms with Crippen LogP contribution in [0.5, 0.6) is 0 Å². The Morgan fingerprint density at radius 2 is 1.68 bits per heavy atom. The number of carbonyl (C=O) groups excluding carboxylic acids is 1. The molecule has 1 saturated carbocycles. The summed E-state index contributed by atoms with van der Waals surface area (Å²) in [5.74, 6) is 1.10. The molecular weight excluding hydrogens is 310 g/mol. The molecule has 0 bridgehead atoms. The van der Waals surface area contributed by atoms with E-state index in [9.17, 15) is 4.79 Å². The number of nitrogens with zero attached hydrogens (tertiary/aromatic N) is 2. The largest absolute Gasteiger partial charge is 0.343 e. The lowest BCUT2D eigenvalue weighted by molar-refractivity contribution is -0.131. The Balaban J connectivity index is 1.41. The highest BCUT2D eigenvalue weighted by atomic mass is 16.2. The maximum Gasteiger partial charge on any atom is 0.224 e. The first-order chi connectivity index (χ1) is 12.1. The molecule has 4 heteroatoms. The molecule has 0 aromatic carbocycles. The number of amides is 1. The van der Waals surface area contributed by atoms with E-state index >= 15 is 0 Å². The first-order valence-electron chi connectivity index (χ1n) is 10.9. The normalized spacial score (nSPS) is 28.9. The topological polar surface area (TPSA) is 35.6 Å². The van der Waals surface area contributed by atoms with Gasteiger partial charge in [-0.3, -0.25) is 4.79 Å². The summed E-state index contributed by atoms with van der Waals surface area (Å²) in [6.45, 7) is 9.03. The first-order valence-corrected chi connectivity index (χ1v) is 10.9. The van der Waals surface area contributed by atoms with Crippen molar-refractivity contribution >= 4 is 5.91 Å². The summed E-state index contributed by atoms with van der Waals surface area (Å²) in [6.07, 6.45) is 12.5. The number of rotatable bonds is 6. The SMILES string of the molecule is C[C@H](CC(=O)N1CCCCCC1)N[C@@H](C)[C@@H]1CCCN(C2CCC2)C1. The van der Waals surface area contributed by atoms with Crippen LogP contribution < -0.4 is 5.32 Å². The zero-order chi connectivity index (χ0) is 17.6. The van der Waals surface area contributed by atoms with Crippen molar-refractivity contribution < 1.29 is 4.79 Å². The van der Waals surface area contributed by atoms with E-state index in [1.165, 1.54) is 70.9 Å². The maximum absolute atomic E-state index is 12.6. The molecule has 2 saturated heterocycles. The van der Waals surface area contributed by atoms with Gasteiger partial charge in [0, 0.05) is 44.2 Å². The van der Waals surface area contributed by atoms with E-state index in [0.717, 1.165) is 25.0 Å². The Hall–Kier alpha value is -0.610. The van der Waals surface area contributed by atoms with Gasteiger partial charge in [-0.2, -0.15) is 0 Å². The molecule has 0 aromatic heterocycles. The van der Waals surface area contributed by atoms with E-state index in [0.29, 0.717) is 18.4 Å². The number of piperidine rings is 1. The summed E-state index contributed by atoms with van der Waals surface area (Å²) in [6, 6.07) is 1.66. The van der Waals surface area contributed by atoms with Crippen LogP contribution in [0.4, 0.5) is 0 Å². The van der Waals surface area contributed by atoms with Crippen LogP contribution in [0.3, 0.4) is 0 Å². The number of nitrogens with one attached hydrogen (secondary N) is 1. The van der Waals surface area contributed by atoms with E-state index in [4.69, 9.17) is 0 Å². The minimum absolute atomic E-state index is 0.282. The van der Waals surface area contributed by atoms with Crippen molar-refractivity contribution in [2.75, 3.05) is 26.2 Å². The van der Waals surface area contributed by atoms with Crippen molar-refractivity contribution in [3.05, 3.63) is 0 Å². The fraction of sp³-hybridized carbons (Fsp3) is 0.952. The van der Waals surface area contributed by atoms with Gasteiger partial charge >= 0.3 is 0 Å². The Morgan fingerprint density at radius 1 is 0.960 bits per heavy atom. The molecule has 0 unspecified atom stereocenters. The van der Waals surface area contributed by atoms with Crippen molar-refractivity contribution in [3.63, 3.8) is 0 Å². The fourth-order valence-electron chi connectivity index (χ4n) is 4.89. The van der Waals surface area contributed by atoms with Gasteiger partial charge in [0.25, 0.3) is 0 Å². The molecule has 0 spiro atoms. The Labute approximate surface area is 154 Å². The molecular formula is C21H39N3O. The highest BCUT2D eigenvalue weighted by molar-refractivity contribution is 5.76. The summed E-state index contributed by atoms with van der Waals surface area (Å²) in [7, 11) is 0. The Kier molecular flexibility index (Phi) is 7.18. The summed E-state index contributed by atoms with van der Waals surface area (Å²) in [4.78, 5) is 17.4. The van der Waals surface area contributed by atoms with Crippen LogP contribution in [0.1, 0.15) is 78.1 Å². The molecule has 2 heterocycles. The molecule has 3 atom stereocenters. The van der Waals surface area contributed by atoms with Crippen molar-refractivity contribution in [1.82, 2.24) is 15.1 Å². The number of hydrogen-bond donors (Lipinski definition) is 1. The minimum atomic E-state index is 0.282. The van der Waals surface area contributed by atoms with Gasteiger partial charge in [-0.25, -0.2) is 0 Å². The Bertz CT molecular complexity index is 415. The van der Waals surface area contributed by atoms with Gasteiger partial charge in [0.2, 0.25) is 5.91 Å². The van der Waals surface area contributed by atoms with E-state index in [-0.39, 0.29) is 6.04 Å². The smallest absolute Gasteiger partial charge is 0.224 e. The van der Waals surface area contributed by atoms with Crippen molar-refractivity contribution in [2.24, 2.45) is 5.92 Å². The van der Waals surface area contributed by atoms with Crippen molar-refractivity contribution in [2.45, 2.75) is 96.2 Å². The third-order valence-corrected chi connectivity index (χ3v) is 6.77. The monoisotopic (exact) mass is 349 g/mol. The highest BCUT2D eigenvalue weighted by Gasteiger charge is 2.32.